The van der Waals surface area contributed by atoms with Crippen molar-refractivity contribution in [2.45, 2.75) is 11.7 Å². The van der Waals surface area contributed by atoms with Crippen molar-refractivity contribution >= 4 is 17.5 Å². The van der Waals surface area contributed by atoms with Crippen LogP contribution in [0.25, 0.3) is 11.6 Å². The smallest absolute Gasteiger partial charge is 0.200 e. The predicted octanol–water partition coefficient (Wildman–Crippen LogP) is 4.17. The van der Waals surface area contributed by atoms with E-state index in [4.69, 9.17) is 18.3 Å². The first-order valence-electron chi connectivity index (χ1n) is 9.07. The van der Waals surface area contributed by atoms with Crippen LogP contribution in [0.15, 0.2) is 69.0 Å². The van der Waals surface area contributed by atoms with Crippen LogP contribution in [0.1, 0.15) is 16.1 Å². The number of benzene rings is 1. The standard InChI is InChI=1S/C21H19N3O5S/c1-26-17-8-7-14(11-19(17)27-2)16(25)13-30-21-23-22-20(18-6-4-10-29-18)24(21)12-15-5-3-9-28-15/h3-11H,12-13H2,1-2H3. The maximum atomic E-state index is 12.7. The molecule has 0 radical (unpaired) electrons. The number of carbonyl (C=O) groups excluding carboxylic acids is 1. The Morgan fingerprint density at radius 2 is 1.83 bits per heavy atom. The van der Waals surface area contributed by atoms with E-state index < -0.39 is 0 Å². The molecule has 0 atom stereocenters. The molecule has 1 aromatic carbocycles. The van der Waals surface area contributed by atoms with Crippen LogP contribution in [0, 0.1) is 0 Å². The number of carbonyl (C=O) groups is 1. The third-order valence-corrected chi connectivity index (χ3v) is 5.36. The van der Waals surface area contributed by atoms with Crippen molar-refractivity contribution < 1.29 is 23.1 Å². The van der Waals surface area contributed by atoms with Gasteiger partial charge in [-0.05, 0) is 42.5 Å². The lowest BCUT2D eigenvalue weighted by Gasteiger charge is -2.09. The van der Waals surface area contributed by atoms with Gasteiger partial charge in [0.1, 0.15) is 5.76 Å². The van der Waals surface area contributed by atoms with Gasteiger partial charge in [0, 0.05) is 5.56 Å². The molecule has 0 saturated carbocycles. The molecule has 9 heteroatoms. The second-order valence-electron chi connectivity index (χ2n) is 6.23. The summed E-state index contributed by atoms with van der Waals surface area (Å²) in [6, 6.07) is 12.4. The monoisotopic (exact) mass is 425 g/mol. The van der Waals surface area contributed by atoms with Crippen molar-refractivity contribution in [1.82, 2.24) is 14.8 Å². The number of ketones is 1. The van der Waals surface area contributed by atoms with Crippen molar-refractivity contribution in [3.05, 3.63) is 66.3 Å². The first-order valence-corrected chi connectivity index (χ1v) is 10.1. The zero-order valence-corrected chi connectivity index (χ0v) is 17.2. The van der Waals surface area contributed by atoms with E-state index in [1.54, 1.807) is 43.9 Å². The SMILES string of the molecule is COc1ccc(C(=O)CSc2nnc(-c3ccco3)n2Cc2ccco2)cc1OC. The summed E-state index contributed by atoms with van der Waals surface area (Å²) in [6.07, 6.45) is 3.19. The van der Waals surface area contributed by atoms with Crippen LogP contribution in [0.3, 0.4) is 0 Å². The van der Waals surface area contributed by atoms with Gasteiger partial charge in [0.25, 0.3) is 0 Å². The Kier molecular flexibility index (Phi) is 5.89. The molecule has 0 N–H and O–H groups in total. The molecule has 0 saturated heterocycles. The third-order valence-electron chi connectivity index (χ3n) is 4.39. The maximum absolute atomic E-state index is 12.7. The number of Topliss-reactive ketones (excluding diaryl/α,β-unsaturated/α-hetero) is 1. The molecule has 30 heavy (non-hydrogen) atoms. The average Bonchev–Trinajstić information content (AvgIpc) is 3.54. The number of thioether (sulfide) groups is 1. The molecule has 0 fully saturated rings. The molecule has 0 spiro atoms. The molecular weight excluding hydrogens is 406 g/mol. The quantitative estimate of drug-likeness (QED) is 0.291. The zero-order valence-electron chi connectivity index (χ0n) is 16.4. The van der Waals surface area contributed by atoms with Gasteiger partial charge in [0.2, 0.25) is 5.82 Å². The number of rotatable bonds is 9. The molecule has 3 aromatic heterocycles. The Bertz CT molecular complexity index is 1120. The van der Waals surface area contributed by atoms with Gasteiger partial charge in [-0.3, -0.25) is 9.36 Å². The minimum Gasteiger partial charge on any atom is -0.493 e. The second-order valence-corrected chi connectivity index (χ2v) is 7.17. The highest BCUT2D eigenvalue weighted by Gasteiger charge is 2.19. The molecule has 0 aliphatic heterocycles. The Labute approximate surface area is 176 Å². The van der Waals surface area contributed by atoms with Crippen molar-refractivity contribution in [2.75, 3.05) is 20.0 Å². The molecule has 154 valence electrons. The van der Waals surface area contributed by atoms with Gasteiger partial charge in [0.15, 0.2) is 28.2 Å². The van der Waals surface area contributed by atoms with Crippen LogP contribution < -0.4 is 9.47 Å². The summed E-state index contributed by atoms with van der Waals surface area (Å²) < 4.78 is 23.3. The average molecular weight is 425 g/mol. The number of aromatic nitrogens is 3. The van der Waals surface area contributed by atoms with Gasteiger partial charge in [-0.2, -0.15) is 0 Å². The molecule has 0 unspecified atom stereocenters. The van der Waals surface area contributed by atoms with Crippen molar-refractivity contribution in [3.8, 4) is 23.1 Å². The van der Waals surface area contributed by atoms with E-state index in [0.717, 1.165) is 5.76 Å². The topological polar surface area (TPSA) is 92.5 Å². The summed E-state index contributed by atoms with van der Waals surface area (Å²) in [5, 5.41) is 9.09. The molecule has 3 heterocycles. The van der Waals surface area contributed by atoms with E-state index in [2.05, 4.69) is 10.2 Å². The molecule has 4 aromatic rings. The third kappa shape index (κ3) is 4.11. The highest BCUT2D eigenvalue weighted by molar-refractivity contribution is 7.99. The van der Waals surface area contributed by atoms with Crippen molar-refractivity contribution in [1.29, 1.82) is 0 Å². The van der Waals surface area contributed by atoms with Crippen LogP contribution >= 0.6 is 11.8 Å². The lowest BCUT2D eigenvalue weighted by molar-refractivity contribution is 0.102. The second kappa shape index (κ2) is 8.91. The fraction of sp³-hybridized carbons (Fsp3) is 0.190. The molecular formula is C21H19N3O5S. The summed E-state index contributed by atoms with van der Waals surface area (Å²) in [6.45, 7) is 0.420. The Morgan fingerprint density at radius 3 is 2.53 bits per heavy atom. The first-order chi connectivity index (χ1) is 14.7. The molecule has 0 bridgehead atoms. The number of furan rings is 2. The summed E-state index contributed by atoms with van der Waals surface area (Å²) in [4.78, 5) is 12.7. The Balaban J connectivity index is 1.55. The van der Waals surface area contributed by atoms with Crippen LogP contribution in [-0.4, -0.2) is 40.5 Å². The van der Waals surface area contributed by atoms with Crippen LogP contribution in [-0.2, 0) is 6.54 Å². The number of hydrogen-bond donors (Lipinski definition) is 0. The van der Waals surface area contributed by atoms with E-state index in [9.17, 15) is 4.79 Å². The van der Waals surface area contributed by atoms with Gasteiger partial charge in [-0.15, -0.1) is 10.2 Å². The predicted molar refractivity (Wildman–Crippen MR) is 110 cm³/mol. The highest BCUT2D eigenvalue weighted by atomic mass is 32.2. The Morgan fingerprint density at radius 1 is 1.03 bits per heavy atom. The van der Waals surface area contributed by atoms with Gasteiger partial charge in [-0.25, -0.2) is 0 Å². The van der Waals surface area contributed by atoms with E-state index in [-0.39, 0.29) is 11.5 Å². The molecule has 4 rings (SSSR count). The van der Waals surface area contributed by atoms with Gasteiger partial charge < -0.3 is 18.3 Å². The van der Waals surface area contributed by atoms with Crippen LogP contribution in [0.5, 0.6) is 11.5 Å². The zero-order chi connectivity index (χ0) is 20.9. The van der Waals surface area contributed by atoms with Gasteiger partial charge in [0.05, 0.1) is 39.0 Å². The van der Waals surface area contributed by atoms with E-state index in [1.807, 2.05) is 22.8 Å². The number of ether oxygens (including phenoxy) is 2. The summed E-state index contributed by atoms with van der Waals surface area (Å²) in [5.74, 6) is 3.11. The van der Waals surface area contributed by atoms with Gasteiger partial charge >= 0.3 is 0 Å². The maximum Gasteiger partial charge on any atom is 0.200 e. The molecule has 0 aliphatic carbocycles. The lowest BCUT2D eigenvalue weighted by Crippen LogP contribution is -2.07. The fourth-order valence-electron chi connectivity index (χ4n) is 2.91. The summed E-state index contributed by atoms with van der Waals surface area (Å²) in [5.41, 5.74) is 0.531. The fourth-order valence-corrected chi connectivity index (χ4v) is 3.74. The molecule has 0 aliphatic rings. The van der Waals surface area contributed by atoms with Gasteiger partial charge in [-0.1, -0.05) is 11.8 Å². The normalized spacial score (nSPS) is 10.9. The number of hydrogen-bond acceptors (Lipinski definition) is 8. The van der Waals surface area contributed by atoms with Crippen molar-refractivity contribution in [2.24, 2.45) is 0 Å². The minimum atomic E-state index is -0.0620. The first kappa shape index (κ1) is 19.8. The van der Waals surface area contributed by atoms with Crippen LogP contribution in [0.2, 0.25) is 0 Å². The highest BCUT2D eigenvalue weighted by Crippen LogP contribution is 2.29. The molecule has 8 nitrogen and oxygen atoms in total. The van der Waals surface area contributed by atoms with E-state index >= 15 is 0 Å². The Hall–Kier alpha value is -3.46. The molecule has 0 amide bonds. The van der Waals surface area contributed by atoms with Crippen LogP contribution in [0.4, 0.5) is 0 Å². The van der Waals surface area contributed by atoms with Crippen molar-refractivity contribution in [3.63, 3.8) is 0 Å². The minimum absolute atomic E-state index is 0.0620. The summed E-state index contributed by atoms with van der Waals surface area (Å²) in [7, 11) is 3.09. The van der Waals surface area contributed by atoms with E-state index in [1.165, 1.54) is 18.9 Å². The summed E-state index contributed by atoms with van der Waals surface area (Å²) >= 11 is 1.30. The largest absolute Gasteiger partial charge is 0.493 e. The number of nitrogens with zero attached hydrogens (tertiary/aromatic N) is 3. The lowest BCUT2D eigenvalue weighted by atomic mass is 10.1. The number of methoxy groups -OCH3 is 2. The van der Waals surface area contributed by atoms with E-state index in [0.29, 0.717) is 40.3 Å².